The van der Waals surface area contributed by atoms with E-state index in [1.54, 1.807) is 0 Å². The molecule has 0 atom stereocenters. The molecule has 0 aliphatic rings. The van der Waals surface area contributed by atoms with Gasteiger partial charge in [0, 0.05) is 7.05 Å². The average Bonchev–Trinajstić information content (AvgIpc) is 2.36. The molecule has 0 saturated heterocycles. The highest BCUT2D eigenvalue weighted by molar-refractivity contribution is 7.89. The van der Waals surface area contributed by atoms with Crippen molar-refractivity contribution in [1.82, 2.24) is 4.31 Å². The Hall–Kier alpha value is -1.64. The molecular weight excluding hydrogens is 310 g/mol. The number of halogens is 1. The zero-order valence-electron chi connectivity index (χ0n) is 10.7. The third-order valence-electron chi connectivity index (χ3n) is 2.40. The van der Waals surface area contributed by atoms with Gasteiger partial charge in [-0.05, 0) is 18.2 Å². The van der Waals surface area contributed by atoms with Crippen LogP contribution in [-0.2, 0) is 19.6 Å². The Kier molecular flexibility index (Phi) is 5.09. The summed E-state index contributed by atoms with van der Waals surface area (Å²) < 4.78 is 29.3. The Morgan fingerprint density at radius 1 is 1.40 bits per heavy atom. The monoisotopic (exact) mass is 321 g/mol. The lowest BCUT2D eigenvalue weighted by atomic mass is 10.2. The fraction of sp³-hybridized carbons (Fsp3) is 0.273. The Balaban J connectivity index is 3.20. The third kappa shape index (κ3) is 3.47. The molecule has 0 bridgehead atoms. The summed E-state index contributed by atoms with van der Waals surface area (Å²) in [7, 11) is -1.74. The molecule has 0 heterocycles. The van der Waals surface area contributed by atoms with E-state index in [9.17, 15) is 18.0 Å². The summed E-state index contributed by atoms with van der Waals surface area (Å²) in [6.45, 7) is -0.697. The van der Waals surface area contributed by atoms with Gasteiger partial charge in [-0.15, -0.1) is 0 Å². The van der Waals surface area contributed by atoms with Gasteiger partial charge >= 0.3 is 11.9 Å². The molecule has 0 amide bonds. The molecule has 0 aliphatic carbocycles. The minimum Gasteiger partial charge on any atom is -0.480 e. The van der Waals surface area contributed by atoms with Crippen LogP contribution < -0.4 is 0 Å². The van der Waals surface area contributed by atoms with E-state index in [0.29, 0.717) is 4.31 Å². The second kappa shape index (κ2) is 6.21. The normalized spacial score (nSPS) is 11.4. The number of likely N-dealkylation sites (N-methyl/N-ethyl adjacent to an activating group) is 1. The molecule has 1 rings (SSSR count). The van der Waals surface area contributed by atoms with Gasteiger partial charge in [0.25, 0.3) is 0 Å². The maximum absolute atomic E-state index is 12.1. The summed E-state index contributed by atoms with van der Waals surface area (Å²) in [6.07, 6.45) is 0. The van der Waals surface area contributed by atoms with Crippen molar-refractivity contribution in [3.8, 4) is 0 Å². The van der Waals surface area contributed by atoms with Gasteiger partial charge in [0.15, 0.2) is 0 Å². The number of esters is 1. The van der Waals surface area contributed by atoms with Crippen LogP contribution >= 0.6 is 11.6 Å². The van der Waals surface area contributed by atoms with Crippen LogP contribution in [0.25, 0.3) is 0 Å². The van der Waals surface area contributed by atoms with Crippen molar-refractivity contribution in [2.75, 3.05) is 20.7 Å². The number of carboxylic acids is 1. The first-order chi connectivity index (χ1) is 9.20. The molecule has 1 aromatic carbocycles. The summed E-state index contributed by atoms with van der Waals surface area (Å²) in [6, 6.07) is 3.51. The zero-order chi connectivity index (χ0) is 15.5. The number of nitrogens with zero attached hydrogens (tertiary/aromatic N) is 1. The summed E-state index contributed by atoms with van der Waals surface area (Å²) in [5.74, 6) is -1.95. The molecule has 9 heteroatoms. The highest BCUT2D eigenvalue weighted by atomic mass is 35.5. The van der Waals surface area contributed by atoms with E-state index in [0.717, 1.165) is 19.2 Å². The molecule has 0 fully saturated rings. The van der Waals surface area contributed by atoms with E-state index >= 15 is 0 Å². The van der Waals surface area contributed by atoms with Crippen LogP contribution in [0.4, 0.5) is 0 Å². The number of carbonyl (C=O) groups excluding carboxylic acids is 1. The number of sulfonamides is 1. The second-order valence-electron chi connectivity index (χ2n) is 3.79. The van der Waals surface area contributed by atoms with E-state index in [2.05, 4.69) is 4.74 Å². The Bertz CT molecular complexity index is 642. The number of benzene rings is 1. The zero-order valence-corrected chi connectivity index (χ0v) is 12.2. The molecule has 20 heavy (non-hydrogen) atoms. The quantitative estimate of drug-likeness (QED) is 0.806. The van der Waals surface area contributed by atoms with Crippen LogP contribution in [0.2, 0.25) is 5.02 Å². The van der Waals surface area contributed by atoms with Gasteiger partial charge in [0.1, 0.15) is 11.4 Å². The number of carbonyl (C=O) groups is 2. The number of hydrogen-bond donors (Lipinski definition) is 1. The van der Waals surface area contributed by atoms with Gasteiger partial charge in [0.05, 0.1) is 17.7 Å². The molecule has 0 aliphatic heterocycles. The SMILES string of the molecule is COC(=O)c1ccc(S(=O)(=O)N(C)CC(=O)O)c(Cl)c1. The molecular formula is C11H12ClNO6S. The van der Waals surface area contributed by atoms with Gasteiger partial charge in [-0.25, -0.2) is 13.2 Å². The van der Waals surface area contributed by atoms with Crippen molar-refractivity contribution in [2.24, 2.45) is 0 Å². The summed E-state index contributed by atoms with van der Waals surface area (Å²) in [5.41, 5.74) is 0.0948. The highest BCUT2D eigenvalue weighted by Gasteiger charge is 2.26. The van der Waals surface area contributed by atoms with Gasteiger partial charge in [-0.3, -0.25) is 4.79 Å². The van der Waals surface area contributed by atoms with Crippen molar-refractivity contribution in [3.63, 3.8) is 0 Å². The molecule has 0 spiro atoms. The van der Waals surface area contributed by atoms with Crippen molar-refractivity contribution >= 4 is 33.6 Å². The fourth-order valence-corrected chi connectivity index (χ4v) is 3.03. The van der Waals surface area contributed by atoms with Crippen molar-refractivity contribution in [3.05, 3.63) is 28.8 Å². The summed E-state index contributed by atoms with van der Waals surface area (Å²) in [4.78, 5) is 21.6. The Morgan fingerprint density at radius 3 is 2.45 bits per heavy atom. The fourth-order valence-electron chi connectivity index (χ4n) is 1.40. The lowest BCUT2D eigenvalue weighted by molar-refractivity contribution is -0.137. The molecule has 0 radical (unpaired) electrons. The molecule has 0 aromatic heterocycles. The van der Waals surface area contributed by atoms with Gasteiger partial charge < -0.3 is 9.84 Å². The van der Waals surface area contributed by atoms with E-state index in [1.807, 2.05) is 0 Å². The van der Waals surface area contributed by atoms with Crippen molar-refractivity contribution in [2.45, 2.75) is 4.90 Å². The van der Waals surface area contributed by atoms with Crippen molar-refractivity contribution < 1.29 is 27.9 Å². The van der Waals surface area contributed by atoms with Gasteiger partial charge in [-0.1, -0.05) is 11.6 Å². The van der Waals surface area contributed by atoms with Crippen LogP contribution in [0.5, 0.6) is 0 Å². The second-order valence-corrected chi connectivity index (χ2v) is 6.21. The molecule has 0 saturated carbocycles. The molecule has 7 nitrogen and oxygen atoms in total. The molecule has 0 unspecified atom stereocenters. The number of aliphatic carboxylic acids is 1. The molecule has 110 valence electrons. The number of carboxylic acid groups (broad SMARTS) is 1. The first-order valence-corrected chi connectivity index (χ1v) is 7.08. The smallest absolute Gasteiger partial charge is 0.337 e. The third-order valence-corrected chi connectivity index (χ3v) is 4.69. The lowest BCUT2D eigenvalue weighted by Gasteiger charge is -2.16. The number of ether oxygens (including phenoxy) is 1. The first kappa shape index (κ1) is 16.4. The van der Waals surface area contributed by atoms with Gasteiger partial charge in [0.2, 0.25) is 10.0 Å². The van der Waals surface area contributed by atoms with E-state index in [-0.39, 0.29) is 15.5 Å². The predicted molar refractivity (Wildman–Crippen MR) is 70.2 cm³/mol. The van der Waals surface area contributed by atoms with Crippen LogP contribution in [0.1, 0.15) is 10.4 Å². The van der Waals surface area contributed by atoms with Crippen LogP contribution in [0.3, 0.4) is 0 Å². The minimum absolute atomic E-state index is 0.0948. The van der Waals surface area contributed by atoms with Crippen LogP contribution in [0, 0.1) is 0 Å². The standard InChI is InChI=1S/C11H12ClNO6S/c1-13(6-10(14)15)20(17,18)9-4-3-7(5-8(9)12)11(16)19-2/h3-5H,6H2,1-2H3,(H,14,15). The molecule has 1 aromatic rings. The van der Waals surface area contributed by atoms with Crippen LogP contribution in [-0.4, -0.2) is 50.5 Å². The Labute approximate surface area is 120 Å². The topological polar surface area (TPSA) is 101 Å². The van der Waals surface area contributed by atoms with E-state index in [1.165, 1.54) is 13.2 Å². The van der Waals surface area contributed by atoms with Gasteiger partial charge in [-0.2, -0.15) is 4.31 Å². The maximum atomic E-state index is 12.1. The number of rotatable bonds is 5. The molecule has 1 N–H and O–H groups in total. The average molecular weight is 322 g/mol. The Morgan fingerprint density at radius 2 is 2.00 bits per heavy atom. The number of hydrogen-bond acceptors (Lipinski definition) is 5. The maximum Gasteiger partial charge on any atom is 0.337 e. The predicted octanol–water partition coefficient (Wildman–Crippen LogP) is 0.832. The minimum atomic E-state index is -4.05. The first-order valence-electron chi connectivity index (χ1n) is 5.26. The summed E-state index contributed by atoms with van der Waals surface area (Å²) in [5, 5.41) is 8.42. The summed E-state index contributed by atoms with van der Waals surface area (Å²) >= 11 is 5.83. The largest absolute Gasteiger partial charge is 0.480 e. The lowest BCUT2D eigenvalue weighted by Crippen LogP contribution is -2.32. The van der Waals surface area contributed by atoms with E-state index in [4.69, 9.17) is 16.7 Å². The van der Waals surface area contributed by atoms with Crippen molar-refractivity contribution in [1.29, 1.82) is 0 Å². The van der Waals surface area contributed by atoms with E-state index < -0.39 is 28.5 Å². The number of methoxy groups -OCH3 is 1. The van der Waals surface area contributed by atoms with Crippen LogP contribution in [0.15, 0.2) is 23.1 Å². The highest BCUT2D eigenvalue weighted by Crippen LogP contribution is 2.25.